The summed E-state index contributed by atoms with van der Waals surface area (Å²) in [7, 11) is 0. The van der Waals surface area contributed by atoms with E-state index < -0.39 is 18.5 Å². The van der Waals surface area contributed by atoms with Crippen LogP contribution in [0.25, 0.3) is 0 Å². The lowest BCUT2D eigenvalue weighted by Gasteiger charge is -2.28. The third kappa shape index (κ3) is 4.83. The summed E-state index contributed by atoms with van der Waals surface area (Å²) in [5.41, 5.74) is 0. The van der Waals surface area contributed by atoms with E-state index >= 15 is 0 Å². The van der Waals surface area contributed by atoms with Crippen molar-refractivity contribution in [1.82, 2.24) is 10.6 Å². The van der Waals surface area contributed by atoms with Crippen LogP contribution in [0.3, 0.4) is 0 Å². The highest BCUT2D eigenvalue weighted by molar-refractivity contribution is 5.76. The molecule has 1 aliphatic rings. The van der Waals surface area contributed by atoms with E-state index in [4.69, 9.17) is 0 Å². The van der Waals surface area contributed by atoms with Crippen LogP contribution >= 0.6 is 0 Å². The van der Waals surface area contributed by atoms with Crippen LogP contribution in [0.2, 0.25) is 0 Å². The smallest absolute Gasteiger partial charge is 0.353 e. The van der Waals surface area contributed by atoms with Crippen LogP contribution in [0.15, 0.2) is 0 Å². The number of carbonyl (C=O) groups is 1. The molecule has 0 aromatic heterocycles. The van der Waals surface area contributed by atoms with Crippen LogP contribution in [0.4, 0.5) is 13.2 Å². The second-order valence-electron chi connectivity index (χ2n) is 4.24. The average Bonchev–Trinajstić information content (AvgIpc) is 2.16. The highest BCUT2D eigenvalue weighted by Crippen LogP contribution is 2.20. The lowest BCUT2D eigenvalue weighted by molar-refractivity contribution is -0.154. The molecule has 1 saturated heterocycles. The molecule has 6 heteroatoms. The van der Waals surface area contributed by atoms with Crippen LogP contribution in [0.1, 0.15) is 26.2 Å². The SMILES string of the molecule is CC(NC(=O)CC(F)(F)F)C1CCNCC1. The molecule has 1 atom stereocenters. The van der Waals surface area contributed by atoms with Crippen molar-refractivity contribution >= 4 is 5.91 Å². The van der Waals surface area contributed by atoms with E-state index in [1.807, 2.05) is 0 Å². The Bertz CT molecular complexity index is 237. The summed E-state index contributed by atoms with van der Waals surface area (Å²) in [4.78, 5) is 11.1. The molecular weight excluding hydrogens is 221 g/mol. The molecule has 3 nitrogen and oxygen atoms in total. The van der Waals surface area contributed by atoms with Gasteiger partial charge in [-0.3, -0.25) is 4.79 Å². The summed E-state index contributed by atoms with van der Waals surface area (Å²) < 4.78 is 35.8. The van der Waals surface area contributed by atoms with Crippen LogP contribution in [-0.2, 0) is 4.79 Å². The van der Waals surface area contributed by atoms with Gasteiger partial charge in [0.25, 0.3) is 0 Å². The van der Waals surface area contributed by atoms with E-state index in [9.17, 15) is 18.0 Å². The predicted octanol–water partition coefficient (Wildman–Crippen LogP) is 1.44. The zero-order valence-electron chi connectivity index (χ0n) is 9.23. The standard InChI is InChI=1S/C10H17F3N2O/c1-7(8-2-4-14-5-3-8)15-9(16)6-10(11,12)13/h7-8,14H,2-6H2,1H3,(H,15,16). The maximum Gasteiger partial charge on any atom is 0.397 e. The quantitative estimate of drug-likeness (QED) is 0.781. The van der Waals surface area contributed by atoms with E-state index in [2.05, 4.69) is 10.6 Å². The van der Waals surface area contributed by atoms with Gasteiger partial charge in [-0.25, -0.2) is 0 Å². The average molecular weight is 238 g/mol. The van der Waals surface area contributed by atoms with E-state index in [0.717, 1.165) is 25.9 Å². The largest absolute Gasteiger partial charge is 0.397 e. The summed E-state index contributed by atoms with van der Waals surface area (Å²) in [6.45, 7) is 3.50. The Kier molecular flexibility index (Phi) is 4.58. The number of hydrogen-bond acceptors (Lipinski definition) is 2. The minimum atomic E-state index is -4.42. The van der Waals surface area contributed by atoms with E-state index in [1.165, 1.54) is 0 Å². The Morgan fingerprint density at radius 2 is 2.00 bits per heavy atom. The summed E-state index contributed by atoms with van der Waals surface area (Å²) in [5.74, 6) is -0.656. The maximum atomic E-state index is 11.9. The number of halogens is 3. The van der Waals surface area contributed by atoms with Crippen molar-refractivity contribution < 1.29 is 18.0 Å². The molecule has 0 radical (unpaired) electrons. The Morgan fingerprint density at radius 3 is 2.50 bits per heavy atom. The number of rotatable bonds is 3. The van der Waals surface area contributed by atoms with Gasteiger partial charge in [0, 0.05) is 6.04 Å². The maximum absolute atomic E-state index is 11.9. The van der Waals surface area contributed by atoms with Crippen molar-refractivity contribution in [3.8, 4) is 0 Å². The van der Waals surface area contributed by atoms with Gasteiger partial charge in [-0.2, -0.15) is 13.2 Å². The summed E-state index contributed by atoms with van der Waals surface area (Å²) >= 11 is 0. The van der Waals surface area contributed by atoms with Gasteiger partial charge >= 0.3 is 6.18 Å². The molecule has 94 valence electrons. The molecule has 1 aliphatic heterocycles. The third-order valence-corrected chi connectivity index (χ3v) is 2.84. The van der Waals surface area contributed by atoms with Gasteiger partial charge in [0.05, 0.1) is 0 Å². The first-order valence-corrected chi connectivity index (χ1v) is 5.45. The predicted molar refractivity (Wildman–Crippen MR) is 53.9 cm³/mol. The van der Waals surface area contributed by atoms with Crippen molar-refractivity contribution in [2.45, 2.75) is 38.4 Å². The highest BCUT2D eigenvalue weighted by atomic mass is 19.4. The van der Waals surface area contributed by atoms with Gasteiger partial charge in [0.2, 0.25) is 5.91 Å². The molecule has 2 N–H and O–H groups in total. The van der Waals surface area contributed by atoms with Crippen LogP contribution in [0, 0.1) is 5.92 Å². The van der Waals surface area contributed by atoms with E-state index in [0.29, 0.717) is 0 Å². The van der Waals surface area contributed by atoms with Crippen molar-refractivity contribution in [3.63, 3.8) is 0 Å². The lowest BCUT2D eigenvalue weighted by Crippen LogP contribution is -2.43. The molecule has 1 rings (SSSR count). The van der Waals surface area contributed by atoms with Crippen LogP contribution in [-0.4, -0.2) is 31.2 Å². The summed E-state index contributed by atoms with van der Waals surface area (Å²) in [6.07, 6.45) is -4.01. The van der Waals surface area contributed by atoms with Crippen LogP contribution in [0.5, 0.6) is 0 Å². The molecule has 1 unspecified atom stereocenters. The fourth-order valence-corrected chi connectivity index (χ4v) is 1.95. The number of hydrogen-bond donors (Lipinski definition) is 2. The molecule has 0 aliphatic carbocycles. The molecule has 1 fully saturated rings. The first-order valence-electron chi connectivity index (χ1n) is 5.45. The fraction of sp³-hybridized carbons (Fsp3) is 0.900. The van der Waals surface area contributed by atoms with Gasteiger partial charge in [-0.1, -0.05) is 0 Å². The van der Waals surface area contributed by atoms with Gasteiger partial charge in [0.15, 0.2) is 0 Å². The number of piperidine rings is 1. The van der Waals surface area contributed by atoms with Crippen molar-refractivity contribution in [1.29, 1.82) is 0 Å². The highest BCUT2D eigenvalue weighted by Gasteiger charge is 2.32. The Labute approximate surface area is 92.8 Å². The Hall–Kier alpha value is -0.780. The molecule has 0 bridgehead atoms. The molecular formula is C10H17F3N2O. The van der Waals surface area contributed by atoms with Crippen molar-refractivity contribution in [2.24, 2.45) is 5.92 Å². The lowest BCUT2D eigenvalue weighted by atomic mass is 9.91. The topological polar surface area (TPSA) is 41.1 Å². The first kappa shape index (κ1) is 13.3. The third-order valence-electron chi connectivity index (χ3n) is 2.84. The zero-order chi connectivity index (χ0) is 12.2. The fourth-order valence-electron chi connectivity index (χ4n) is 1.95. The normalized spacial score (nSPS) is 20.5. The zero-order valence-corrected chi connectivity index (χ0v) is 9.23. The molecule has 1 heterocycles. The number of carbonyl (C=O) groups excluding carboxylic acids is 1. The van der Waals surface area contributed by atoms with Crippen molar-refractivity contribution in [3.05, 3.63) is 0 Å². The Morgan fingerprint density at radius 1 is 1.44 bits per heavy atom. The minimum Gasteiger partial charge on any atom is -0.353 e. The molecule has 0 aromatic carbocycles. The Balaban J connectivity index is 2.32. The number of nitrogens with one attached hydrogen (secondary N) is 2. The van der Waals surface area contributed by atoms with Gasteiger partial charge in [-0.15, -0.1) is 0 Å². The summed E-state index contributed by atoms with van der Waals surface area (Å²) in [5, 5.41) is 5.59. The van der Waals surface area contributed by atoms with Gasteiger partial charge in [0.1, 0.15) is 6.42 Å². The molecule has 0 spiro atoms. The molecule has 0 aromatic rings. The number of alkyl halides is 3. The second kappa shape index (κ2) is 5.52. The monoisotopic (exact) mass is 238 g/mol. The molecule has 1 amide bonds. The van der Waals surface area contributed by atoms with Gasteiger partial charge < -0.3 is 10.6 Å². The van der Waals surface area contributed by atoms with E-state index in [1.54, 1.807) is 6.92 Å². The minimum absolute atomic E-state index is 0.183. The van der Waals surface area contributed by atoms with Crippen molar-refractivity contribution in [2.75, 3.05) is 13.1 Å². The van der Waals surface area contributed by atoms with E-state index in [-0.39, 0.29) is 12.0 Å². The summed E-state index contributed by atoms with van der Waals surface area (Å²) in [6, 6.07) is -0.183. The second-order valence-corrected chi connectivity index (χ2v) is 4.24. The first-order chi connectivity index (χ1) is 7.38. The molecule has 16 heavy (non-hydrogen) atoms. The van der Waals surface area contributed by atoms with Gasteiger partial charge in [-0.05, 0) is 38.8 Å². The molecule has 0 saturated carbocycles. The number of amides is 1. The van der Waals surface area contributed by atoms with Crippen LogP contribution < -0.4 is 10.6 Å².